The molecule has 0 unspecified atom stereocenters. The summed E-state index contributed by atoms with van der Waals surface area (Å²) in [4.78, 5) is 0. The number of halogens is 1. The van der Waals surface area contributed by atoms with Gasteiger partial charge in [-0.3, -0.25) is 0 Å². The number of rotatable bonds is 3. The largest absolute Gasteiger partial charge is 2.00 e. The van der Waals surface area contributed by atoms with Crippen LogP contribution in [0, 0.1) is 18.3 Å². The van der Waals surface area contributed by atoms with Gasteiger partial charge in [0.25, 0.3) is 0 Å². The summed E-state index contributed by atoms with van der Waals surface area (Å²) in [6.07, 6.45) is 13.1. The molecule has 0 atom stereocenters. The molecule has 1 saturated heterocycles. The molecule has 0 aromatic carbocycles. The number of hydrogen-bond donors (Lipinski definition) is 0. The van der Waals surface area contributed by atoms with Crippen LogP contribution in [0.15, 0.2) is 0 Å². The van der Waals surface area contributed by atoms with E-state index < -0.39 is 0 Å². The molecular formula is C14H27ClSiZn. The predicted octanol–water partition coefficient (Wildman–Crippen LogP) is 1.43. The van der Waals surface area contributed by atoms with Crippen molar-refractivity contribution < 1.29 is 31.9 Å². The molecule has 1 aliphatic carbocycles. The van der Waals surface area contributed by atoms with E-state index in [4.69, 9.17) is 0 Å². The average molecular weight is 324 g/mol. The van der Waals surface area contributed by atoms with E-state index in [1.54, 1.807) is 31.0 Å². The van der Waals surface area contributed by atoms with Crippen LogP contribution in [0.2, 0.25) is 18.1 Å². The van der Waals surface area contributed by atoms with Crippen LogP contribution in [-0.2, 0) is 19.5 Å². The van der Waals surface area contributed by atoms with Gasteiger partial charge < -0.3 is 18.8 Å². The Morgan fingerprint density at radius 3 is 2.06 bits per heavy atom. The maximum Gasteiger partial charge on any atom is 2.00 e. The molecule has 0 aromatic rings. The summed E-state index contributed by atoms with van der Waals surface area (Å²) < 4.78 is 0. The zero-order chi connectivity index (χ0) is 10.5. The third kappa shape index (κ3) is 5.74. The van der Waals surface area contributed by atoms with Crippen molar-refractivity contribution in [1.29, 1.82) is 0 Å². The molecule has 0 radical (unpaired) electrons. The summed E-state index contributed by atoms with van der Waals surface area (Å²) in [5, 5.41) is 0. The Balaban J connectivity index is 0.00000128. The summed E-state index contributed by atoms with van der Waals surface area (Å²) in [5.41, 5.74) is 0. The van der Waals surface area contributed by atoms with E-state index in [2.05, 4.69) is 13.3 Å². The molecule has 2 aliphatic rings. The fourth-order valence-electron chi connectivity index (χ4n) is 3.78. The van der Waals surface area contributed by atoms with E-state index in [-0.39, 0.29) is 40.7 Å². The van der Waals surface area contributed by atoms with Crippen LogP contribution in [0.1, 0.15) is 51.9 Å². The van der Waals surface area contributed by atoms with Crippen molar-refractivity contribution in [2.24, 2.45) is 11.8 Å². The first-order valence-corrected chi connectivity index (χ1v) is 9.66. The van der Waals surface area contributed by atoms with Crippen molar-refractivity contribution in [2.75, 3.05) is 0 Å². The van der Waals surface area contributed by atoms with Gasteiger partial charge in [-0.25, -0.2) is 0 Å². The van der Waals surface area contributed by atoms with Gasteiger partial charge in [0.2, 0.25) is 0 Å². The normalized spacial score (nSPS) is 30.2. The monoisotopic (exact) mass is 322 g/mol. The smallest absolute Gasteiger partial charge is 1.00 e. The summed E-state index contributed by atoms with van der Waals surface area (Å²) in [5.74, 6) is 2.26. The van der Waals surface area contributed by atoms with Crippen molar-refractivity contribution in [3.63, 3.8) is 0 Å². The minimum atomic E-state index is -0.227. The maximum atomic E-state index is 2.51. The Hall–Kier alpha value is 1.13. The minimum absolute atomic E-state index is 0. The molecule has 0 nitrogen and oxygen atoms in total. The summed E-state index contributed by atoms with van der Waals surface area (Å²) in [6, 6.07) is 4.99. The van der Waals surface area contributed by atoms with Crippen LogP contribution >= 0.6 is 0 Å². The Kier molecular flexibility index (Phi) is 10.6. The van der Waals surface area contributed by atoms with Gasteiger partial charge in [0.05, 0.1) is 0 Å². The van der Waals surface area contributed by atoms with Gasteiger partial charge >= 0.3 is 19.5 Å². The molecule has 2 fully saturated rings. The first kappa shape index (κ1) is 18.1. The van der Waals surface area contributed by atoms with Crippen LogP contribution in [-0.4, -0.2) is 8.80 Å². The molecule has 96 valence electrons. The van der Waals surface area contributed by atoms with Gasteiger partial charge in [0.1, 0.15) is 0 Å². The average Bonchev–Trinajstić information content (AvgIpc) is 2.32. The first-order chi connectivity index (χ1) is 7.40. The zero-order valence-electron chi connectivity index (χ0n) is 11.5. The second-order valence-corrected chi connectivity index (χ2v) is 9.24. The van der Waals surface area contributed by atoms with E-state index in [1.807, 2.05) is 0 Å². The summed E-state index contributed by atoms with van der Waals surface area (Å²) >= 11 is 0. The fourth-order valence-corrected chi connectivity index (χ4v) is 7.26. The van der Waals surface area contributed by atoms with Gasteiger partial charge in [-0.1, -0.05) is 57.2 Å². The van der Waals surface area contributed by atoms with Crippen LogP contribution < -0.4 is 12.4 Å². The Morgan fingerprint density at radius 1 is 1.00 bits per heavy atom. The minimum Gasteiger partial charge on any atom is -1.00 e. The van der Waals surface area contributed by atoms with Crippen molar-refractivity contribution in [3.05, 3.63) is 6.42 Å². The van der Waals surface area contributed by atoms with Crippen molar-refractivity contribution in [2.45, 2.75) is 70.0 Å². The zero-order valence-corrected chi connectivity index (χ0v) is 16.3. The molecule has 3 heteroatoms. The third-order valence-corrected chi connectivity index (χ3v) is 8.43. The van der Waals surface area contributed by atoms with E-state index in [9.17, 15) is 0 Å². The quantitative estimate of drug-likeness (QED) is 0.544. The Bertz CT molecular complexity index is 175. The van der Waals surface area contributed by atoms with Crippen molar-refractivity contribution in [3.8, 4) is 0 Å². The van der Waals surface area contributed by atoms with Gasteiger partial charge in [0, 0.05) is 8.80 Å². The van der Waals surface area contributed by atoms with Crippen molar-refractivity contribution >= 4 is 8.80 Å². The standard InChI is InChI=1S/C14H27Si.ClH.Zn/c1-2-10-15-11-8-14(9-12-15)13-6-4-3-5-7-13;;/h3,13-15H,2,4-12H2,1H3;1H;/q-1;;+2/p-1. The second kappa shape index (κ2) is 9.98. The first-order valence-electron chi connectivity index (χ1n) is 7.21. The fraction of sp³-hybridized carbons (Fsp3) is 0.929. The predicted molar refractivity (Wildman–Crippen MR) is 70.8 cm³/mol. The molecule has 17 heavy (non-hydrogen) atoms. The topological polar surface area (TPSA) is 0 Å². The van der Waals surface area contributed by atoms with Crippen LogP contribution in [0.5, 0.6) is 0 Å². The molecule has 2 rings (SSSR count). The molecule has 0 bridgehead atoms. The van der Waals surface area contributed by atoms with E-state index in [0.29, 0.717) is 0 Å². The second-order valence-electron chi connectivity index (χ2n) is 5.77. The third-order valence-electron chi connectivity index (χ3n) is 4.74. The van der Waals surface area contributed by atoms with E-state index in [1.165, 1.54) is 32.1 Å². The molecule has 0 amide bonds. The van der Waals surface area contributed by atoms with Crippen LogP contribution in [0.4, 0.5) is 0 Å². The summed E-state index contributed by atoms with van der Waals surface area (Å²) in [6.45, 7) is 2.37. The van der Waals surface area contributed by atoms with Crippen LogP contribution in [0.25, 0.3) is 0 Å². The van der Waals surface area contributed by atoms with Crippen molar-refractivity contribution in [1.82, 2.24) is 0 Å². The SMILES string of the molecule is CCC[SiH]1CCC(C2CC[CH-]CC2)CC1.[Cl-].[Zn+2]. The van der Waals surface area contributed by atoms with E-state index >= 15 is 0 Å². The molecule has 0 aromatic heterocycles. The number of hydrogen-bond acceptors (Lipinski definition) is 0. The van der Waals surface area contributed by atoms with Gasteiger partial charge in [0.15, 0.2) is 0 Å². The van der Waals surface area contributed by atoms with Gasteiger partial charge in [-0.05, 0) is 11.8 Å². The maximum absolute atomic E-state index is 2.51. The van der Waals surface area contributed by atoms with Gasteiger partial charge in [-0.15, -0.1) is 0 Å². The molecule has 1 heterocycles. The Labute approximate surface area is 128 Å². The molecule has 1 aliphatic heterocycles. The summed E-state index contributed by atoms with van der Waals surface area (Å²) in [7, 11) is -0.227. The van der Waals surface area contributed by atoms with Crippen LogP contribution in [0.3, 0.4) is 0 Å². The Morgan fingerprint density at radius 2 is 1.53 bits per heavy atom. The van der Waals surface area contributed by atoms with E-state index in [0.717, 1.165) is 11.8 Å². The van der Waals surface area contributed by atoms with Gasteiger partial charge in [-0.2, -0.15) is 12.8 Å². The molecule has 1 saturated carbocycles. The molecule has 0 N–H and O–H groups in total. The molecule has 0 spiro atoms. The molecular weight excluding hydrogens is 297 g/mol.